The molecule has 0 aromatic heterocycles. The fraction of sp³-hybridized carbons (Fsp3) is 0.0769. The molecule has 0 heterocycles. The van der Waals surface area contributed by atoms with Crippen LogP contribution in [0.3, 0.4) is 0 Å². The lowest BCUT2D eigenvalue weighted by molar-refractivity contribution is 1.08. The van der Waals surface area contributed by atoms with Crippen LogP contribution in [-0.4, -0.2) is 0 Å². The maximum atomic E-state index is 4.47. The maximum Gasteiger partial charge on any atom is 0.0209 e. The lowest BCUT2D eigenvalue weighted by Gasteiger charge is -2.06. The Hall–Kier alpha value is -0.860. The molecular formula is C13H12S2. The van der Waals surface area contributed by atoms with E-state index < -0.39 is 0 Å². The maximum absolute atomic E-state index is 4.47. The van der Waals surface area contributed by atoms with Gasteiger partial charge in [-0.3, -0.25) is 0 Å². The normalized spacial score (nSPS) is 10.3. The van der Waals surface area contributed by atoms with Crippen LogP contribution in [0.15, 0.2) is 58.3 Å². The summed E-state index contributed by atoms with van der Waals surface area (Å²) in [4.78, 5) is 1.91. The zero-order chi connectivity index (χ0) is 10.7. The van der Waals surface area contributed by atoms with Crippen molar-refractivity contribution in [3.05, 3.63) is 59.7 Å². The summed E-state index contributed by atoms with van der Waals surface area (Å²) in [6.45, 7) is 0. The van der Waals surface area contributed by atoms with E-state index in [0.29, 0.717) is 0 Å². The molecule has 0 nitrogen and oxygen atoms in total. The molecule has 0 aliphatic rings. The van der Waals surface area contributed by atoms with E-state index in [1.165, 1.54) is 11.1 Å². The third kappa shape index (κ3) is 2.58. The van der Waals surface area contributed by atoms with Crippen LogP contribution in [0.2, 0.25) is 0 Å². The molecular weight excluding hydrogens is 220 g/mol. The summed E-state index contributed by atoms with van der Waals surface area (Å²) in [5.41, 5.74) is 2.52. The van der Waals surface area contributed by atoms with Crippen LogP contribution in [0.5, 0.6) is 0 Å². The Morgan fingerprint density at radius 3 is 2.27 bits per heavy atom. The molecule has 2 rings (SSSR count). The molecule has 0 bridgehead atoms. The van der Waals surface area contributed by atoms with Crippen molar-refractivity contribution in [3.8, 4) is 0 Å². The van der Waals surface area contributed by atoms with Gasteiger partial charge >= 0.3 is 0 Å². The number of thiol groups is 2. The number of rotatable bonds is 2. The fourth-order valence-corrected chi connectivity index (χ4v) is 1.99. The molecule has 0 saturated heterocycles. The lowest BCUT2D eigenvalue weighted by Crippen LogP contribution is -1.90. The van der Waals surface area contributed by atoms with E-state index >= 15 is 0 Å². The highest BCUT2D eigenvalue weighted by Crippen LogP contribution is 2.24. The second-order valence-electron chi connectivity index (χ2n) is 3.45. The number of hydrogen-bond donors (Lipinski definition) is 2. The Labute approximate surface area is 101 Å². The minimum Gasteiger partial charge on any atom is -0.142 e. The zero-order valence-corrected chi connectivity index (χ0v) is 10.0. The Balaban J connectivity index is 2.29. The second-order valence-corrected chi connectivity index (χ2v) is 4.38. The van der Waals surface area contributed by atoms with Gasteiger partial charge in [0.2, 0.25) is 0 Å². The Morgan fingerprint density at radius 1 is 0.800 bits per heavy atom. The molecule has 0 aliphatic heterocycles. The van der Waals surface area contributed by atoms with Crippen molar-refractivity contribution in [2.75, 3.05) is 0 Å². The predicted molar refractivity (Wildman–Crippen MR) is 70.2 cm³/mol. The first-order chi connectivity index (χ1) is 7.27. The number of benzene rings is 2. The Morgan fingerprint density at radius 2 is 1.53 bits per heavy atom. The van der Waals surface area contributed by atoms with Gasteiger partial charge in [0, 0.05) is 9.79 Å². The van der Waals surface area contributed by atoms with Crippen molar-refractivity contribution in [1.29, 1.82) is 0 Å². The summed E-state index contributed by atoms with van der Waals surface area (Å²) in [5, 5.41) is 0. The van der Waals surface area contributed by atoms with Gasteiger partial charge in [0.25, 0.3) is 0 Å². The highest BCUT2D eigenvalue weighted by Gasteiger charge is 2.02. The molecule has 0 saturated carbocycles. The summed E-state index contributed by atoms with van der Waals surface area (Å²) >= 11 is 8.82. The van der Waals surface area contributed by atoms with Crippen molar-refractivity contribution in [1.82, 2.24) is 0 Å². The van der Waals surface area contributed by atoms with E-state index in [4.69, 9.17) is 0 Å². The molecule has 0 aliphatic carbocycles. The molecule has 2 aromatic rings. The lowest BCUT2D eigenvalue weighted by atomic mass is 10.1. The first kappa shape index (κ1) is 10.7. The molecule has 0 N–H and O–H groups in total. The highest BCUT2D eigenvalue weighted by molar-refractivity contribution is 7.83. The van der Waals surface area contributed by atoms with Gasteiger partial charge in [-0.1, -0.05) is 42.5 Å². The molecule has 2 heteroatoms. The van der Waals surface area contributed by atoms with Crippen molar-refractivity contribution in [2.24, 2.45) is 0 Å². The van der Waals surface area contributed by atoms with Gasteiger partial charge in [0.15, 0.2) is 0 Å². The second kappa shape index (κ2) is 4.77. The smallest absolute Gasteiger partial charge is 0.0209 e. The molecule has 15 heavy (non-hydrogen) atoms. The molecule has 2 aromatic carbocycles. The van der Waals surface area contributed by atoms with Crippen LogP contribution in [-0.2, 0) is 6.42 Å². The summed E-state index contributed by atoms with van der Waals surface area (Å²) in [7, 11) is 0. The van der Waals surface area contributed by atoms with E-state index in [0.717, 1.165) is 16.2 Å². The minimum absolute atomic E-state index is 0.911. The van der Waals surface area contributed by atoms with Crippen molar-refractivity contribution >= 4 is 25.3 Å². The molecule has 0 spiro atoms. The van der Waals surface area contributed by atoms with Crippen LogP contribution in [0.4, 0.5) is 0 Å². The quantitative estimate of drug-likeness (QED) is 0.722. The van der Waals surface area contributed by atoms with Crippen molar-refractivity contribution < 1.29 is 0 Å². The predicted octanol–water partition coefficient (Wildman–Crippen LogP) is 3.85. The molecule has 0 unspecified atom stereocenters. The summed E-state index contributed by atoms with van der Waals surface area (Å²) in [5.74, 6) is 0. The molecule has 76 valence electrons. The molecule has 0 radical (unpaired) electrons. The standard InChI is InChI=1S/C13H12S2/c14-12-8-4-7-11(13(12)15)9-10-5-2-1-3-6-10/h1-8,14-15H,9H2. The van der Waals surface area contributed by atoms with Gasteiger partial charge in [-0.05, 0) is 23.6 Å². The van der Waals surface area contributed by atoms with Crippen LogP contribution in [0.1, 0.15) is 11.1 Å². The molecule has 0 amide bonds. The van der Waals surface area contributed by atoms with Gasteiger partial charge in [0.1, 0.15) is 0 Å². The first-order valence-corrected chi connectivity index (χ1v) is 5.70. The largest absolute Gasteiger partial charge is 0.142 e. The van der Waals surface area contributed by atoms with E-state index in [1.54, 1.807) is 0 Å². The van der Waals surface area contributed by atoms with Gasteiger partial charge in [0.05, 0.1) is 0 Å². The van der Waals surface area contributed by atoms with Gasteiger partial charge in [-0.2, -0.15) is 0 Å². The SMILES string of the molecule is Sc1cccc(Cc2ccccc2)c1S. The summed E-state index contributed by atoms with van der Waals surface area (Å²) in [6, 6.07) is 16.4. The van der Waals surface area contributed by atoms with E-state index in [-0.39, 0.29) is 0 Å². The highest BCUT2D eigenvalue weighted by atomic mass is 32.1. The number of hydrogen-bond acceptors (Lipinski definition) is 2. The third-order valence-corrected chi connectivity index (χ3v) is 3.41. The van der Waals surface area contributed by atoms with E-state index in [2.05, 4.69) is 55.6 Å². The fourth-order valence-electron chi connectivity index (χ4n) is 1.54. The van der Waals surface area contributed by atoms with Gasteiger partial charge in [-0.15, -0.1) is 25.3 Å². The minimum atomic E-state index is 0.911. The van der Waals surface area contributed by atoms with Crippen molar-refractivity contribution in [3.63, 3.8) is 0 Å². The van der Waals surface area contributed by atoms with E-state index in [1.807, 2.05) is 18.2 Å². The zero-order valence-electron chi connectivity index (χ0n) is 8.22. The average Bonchev–Trinajstić information content (AvgIpc) is 2.26. The summed E-state index contributed by atoms with van der Waals surface area (Å²) in [6.07, 6.45) is 0.911. The monoisotopic (exact) mass is 232 g/mol. The Kier molecular flexibility index (Phi) is 3.39. The molecule has 0 fully saturated rings. The summed E-state index contributed by atoms with van der Waals surface area (Å²) < 4.78 is 0. The van der Waals surface area contributed by atoms with Crippen LogP contribution in [0.25, 0.3) is 0 Å². The van der Waals surface area contributed by atoms with Crippen LogP contribution < -0.4 is 0 Å². The third-order valence-electron chi connectivity index (χ3n) is 2.34. The average molecular weight is 232 g/mol. The van der Waals surface area contributed by atoms with Crippen LogP contribution in [0, 0.1) is 0 Å². The van der Waals surface area contributed by atoms with Gasteiger partial charge < -0.3 is 0 Å². The Bertz CT molecular complexity index is 449. The van der Waals surface area contributed by atoms with Gasteiger partial charge in [-0.25, -0.2) is 0 Å². The van der Waals surface area contributed by atoms with Crippen LogP contribution >= 0.6 is 25.3 Å². The van der Waals surface area contributed by atoms with E-state index in [9.17, 15) is 0 Å². The molecule has 0 atom stereocenters. The van der Waals surface area contributed by atoms with Crippen molar-refractivity contribution in [2.45, 2.75) is 16.2 Å². The first-order valence-electron chi connectivity index (χ1n) is 4.81. The topological polar surface area (TPSA) is 0 Å².